The van der Waals surface area contributed by atoms with Crippen LogP contribution in [0.4, 0.5) is 5.13 Å². The van der Waals surface area contributed by atoms with E-state index in [-0.39, 0.29) is 0 Å². The summed E-state index contributed by atoms with van der Waals surface area (Å²) in [5.74, 6) is 2.22. The lowest BCUT2D eigenvalue weighted by molar-refractivity contribution is 0.173. The summed E-state index contributed by atoms with van der Waals surface area (Å²) in [6.07, 6.45) is 0. The van der Waals surface area contributed by atoms with Crippen LogP contribution in [0, 0.1) is 0 Å². The first-order valence-electron chi connectivity index (χ1n) is 8.96. The minimum atomic E-state index is 0.331. The van der Waals surface area contributed by atoms with Crippen molar-refractivity contribution in [2.75, 3.05) is 37.9 Å². The minimum Gasteiger partial charge on any atom is -0.454 e. The zero-order valence-electron chi connectivity index (χ0n) is 15.1. The molecular formula is C19H25N3O2S. The van der Waals surface area contributed by atoms with Crippen LogP contribution in [-0.4, -0.2) is 42.9 Å². The highest BCUT2D eigenvalue weighted by Gasteiger charge is 2.25. The van der Waals surface area contributed by atoms with Gasteiger partial charge in [-0.15, -0.1) is 11.3 Å². The topological polar surface area (TPSA) is 37.8 Å². The van der Waals surface area contributed by atoms with E-state index in [4.69, 9.17) is 14.5 Å². The van der Waals surface area contributed by atoms with Gasteiger partial charge in [0.2, 0.25) is 6.79 Å². The maximum atomic E-state index is 5.52. The summed E-state index contributed by atoms with van der Waals surface area (Å²) in [5, 5.41) is 3.36. The average molecular weight is 359 g/mol. The molecule has 5 nitrogen and oxygen atoms in total. The largest absolute Gasteiger partial charge is 0.454 e. The molecule has 2 aromatic rings. The lowest BCUT2D eigenvalue weighted by atomic mass is 10.1. The Morgan fingerprint density at radius 1 is 1.04 bits per heavy atom. The van der Waals surface area contributed by atoms with Crippen LogP contribution in [0.15, 0.2) is 23.6 Å². The lowest BCUT2D eigenvalue weighted by Gasteiger charge is -2.38. The molecule has 1 atom stereocenters. The first kappa shape index (κ1) is 16.7. The highest BCUT2D eigenvalue weighted by molar-refractivity contribution is 7.13. The maximum absolute atomic E-state index is 5.52. The molecule has 0 spiro atoms. The molecule has 3 heterocycles. The van der Waals surface area contributed by atoms with Crippen LogP contribution in [0.1, 0.15) is 44.0 Å². The zero-order valence-corrected chi connectivity index (χ0v) is 15.9. The van der Waals surface area contributed by atoms with Gasteiger partial charge in [-0.1, -0.05) is 19.9 Å². The molecule has 0 aliphatic carbocycles. The Bertz CT molecular complexity index is 738. The number of aromatic nitrogens is 1. The van der Waals surface area contributed by atoms with Crippen molar-refractivity contribution in [1.82, 2.24) is 9.88 Å². The molecule has 1 fully saturated rings. The molecule has 0 bridgehead atoms. The smallest absolute Gasteiger partial charge is 0.231 e. The summed E-state index contributed by atoms with van der Waals surface area (Å²) in [5.41, 5.74) is 2.49. The third kappa shape index (κ3) is 3.33. The van der Waals surface area contributed by atoms with Crippen molar-refractivity contribution in [1.29, 1.82) is 0 Å². The lowest BCUT2D eigenvalue weighted by Crippen LogP contribution is -2.47. The van der Waals surface area contributed by atoms with Gasteiger partial charge in [0.05, 0.1) is 5.69 Å². The van der Waals surface area contributed by atoms with Gasteiger partial charge >= 0.3 is 0 Å². The number of piperazine rings is 1. The van der Waals surface area contributed by atoms with Crippen LogP contribution in [0.25, 0.3) is 0 Å². The van der Waals surface area contributed by atoms with Crippen LogP contribution in [0.5, 0.6) is 11.5 Å². The molecule has 0 saturated carbocycles. The fourth-order valence-electron chi connectivity index (χ4n) is 3.37. The SMILES string of the molecule is CC(C)c1csc(N2CCN(C(C)c3ccc4c(c3)OCO4)CC2)n1. The van der Waals surface area contributed by atoms with Crippen LogP contribution in [0.2, 0.25) is 0 Å². The number of hydrogen-bond acceptors (Lipinski definition) is 6. The molecular weight excluding hydrogens is 334 g/mol. The molecule has 1 aromatic carbocycles. The van der Waals surface area contributed by atoms with E-state index in [0.717, 1.165) is 37.7 Å². The summed E-state index contributed by atoms with van der Waals surface area (Å²) in [6.45, 7) is 11.2. The van der Waals surface area contributed by atoms with E-state index < -0.39 is 0 Å². The number of rotatable bonds is 4. The van der Waals surface area contributed by atoms with Gasteiger partial charge in [0.25, 0.3) is 0 Å². The number of thiazole rings is 1. The van der Waals surface area contributed by atoms with Crippen LogP contribution < -0.4 is 14.4 Å². The molecule has 1 unspecified atom stereocenters. The van der Waals surface area contributed by atoms with Gasteiger partial charge in [0, 0.05) is 37.6 Å². The Morgan fingerprint density at radius 2 is 1.80 bits per heavy atom. The van der Waals surface area contributed by atoms with Crippen LogP contribution >= 0.6 is 11.3 Å². The summed E-state index contributed by atoms with van der Waals surface area (Å²) < 4.78 is 10.9. The molecule has 1 saturated heterocycles. The molecule has 0 N–H and O–H groups in total. The molecule has 6 heteroatoms. The second-order valence-corrected chi connectivity index (χ2v) is 7.86. The van der Waals surface area contributed by atoms with Gasteiger partial charge in [0.1, 0.15) is 0 Å². The van der Waals surface area contributed by atoms with E-state index in [1.54, 1.807) is 11.3 Å². The van der Waals surface area contributed by atoms with Gasteiger partial charge < -0.3 is 14.4 Å². The van der Waals surface area contributed by atoms with E-state index in [0.29, 0.717) is 18.8 Å². The number of fused-ring (bicyclic) bond motifs is 1. The molecule has 134 valence electrons. The Balaban J connectivity index is 1.39. The molecule has 1 aromatic heterocycles. The van der Waals surface area contributed by atoms with Crippen molar-refractivity contribution in [3.8, 4) is 11.5 Å². The summed E-state index contributed by atoms with van der Waals surface area (Å²) in [6, 6.07) is 6.67. The summed E-state index contributed by atoms with van der Waals surface area (Å²) >= 11 is 1.77. The molecule has 0 amide bonds. The van der Waals surface area contributed by atoms with Crippen LogP contribution in [0.3, 0.4) is 0 Å². The predicted octanol–water partition coefficient (Wildman–Crippen LogP) is 3.88. The van der Waals surface area contributed by atoms with Crippen LogP contribution in [-0.2, 0) is 0 Å². The maximum Gasteiger partial charge on any atom is 0.231 e. The molecule has 2 aliphatic rings. The molecule has 2 aliphatic heterocycles. The highest BCUT2D eigenvalue weighted by atomic mass is 32.1. The van der Waals surface area contributed by atoms with Crippen molar-refractivity contribution in [3.05, 3.63) is 34.8 Å². The van der Waals surface area contributed by atoms with Crippen molar-refractivity contribution < 1.29 is 9.47 Å². The zero-order chi connectivity index (χ0) is 17.4. The van der Waals surface area contributed by atoms with Gasteiger partial charge in [-0.05, 0) is 30.5 Å². The fraction of sp³-hybridized carbons (Fsp3) is 0.526. The number of ether oxygens (including phenoxy) is 2. The Morgan fingerprint density at radius 3 is 2.52 bits per heavy atom. The second kappa shape index (κ2) is 6.84. The summed E-state index contributed by atoms with van der Waals surface area (Å²) in [4.78, 5) is 9.75. The van der Waals surface area contributed by atoms with E-state index in [1.807, 2.05) is 6.07 Å². The first-order valence-corrected chi connectivity index (χ1v) is 9.84. The standard InChI is InChI=1S/C19H25N3O2S/c1-13(2)16-11-25-19(20-16)22-8-6-21(7-9-22)14(3)15-4-5-17-18(10-15)24-12-23-17/h4-5,10-11,13-14H,6-9,12H2,1-3H3. The molecule has 25 heavy (non-hydrogen) atoms. The van der Waals surface area contributed by atoms with Crippen molar-refractivity contribution >= 4 is 16.5 Å². The Hall–Kier alpha value is -1.79. The fourth-order valence-corrected chi connectivity index (χ4v) is 4.41. The highest BCUT2D eigenvalue weighted by Crippen LogP contribution is 2.36. The number of nitrogens with zero attached hydrogens (tertiary/aromatic N) is 3. The van der Waals surface area contributed by atoms with E-state index in [9.17, 15) is 0 Å². The third-order valence-electron chi connectivity index (χ3n) is 5.11. The summed E-state index contributed by atoms with van der Waals surface area (Å²) in [7, 11) is 0. The predicted molar refractivity (Wildman–Crippen MR) is 101 cm³/mol. The monoisotopic (exact) mass is 359 g/mol. The number of hydrogen-bond donors (Lipinski definition) is 0. The van der Waals surface area contributed by atoms with Gasteiger partial charge in [-0.3, -0.25) is 4.90 Å². The van der Waals surface area contributed by atoms with Gasteiger partial charge in [-0.2, -0.15) is 0 Å². The Kier molecular flexibility index (Phi) is 4.56. The second-order valence-electron chi connectivity index (χ2n) is 7.02. The Labute approximate surface area is 153 Å². The van der Waals surface area contributed by atoms with Crippen molar-refractivity contribution in [3.63, 3.8) is 0 Å². The number of benzene rings is 1. The van der Waals surface area contributed by atoms with E-state index in [2.05, 4.69) is 48.1 Å². The van der Waals surface area contributed by atoms with Gasteiger partial charge in [-0.25, -0.2) is 4.98 Å². The van der Waals surface area contributed by atoms with Crippen molar-refractivity contribution in [2.24, 2.45) is 0 Å². The average Bonchev–Trinajstić information content (AvgIpc) is 3.30. The number of anilines is 1. The van der Waals surface area contributed by atoms with Crippen molar-refractivity contribution in [2.45, 2.75) is 32.7 Å². The molecule has 4 rings (SSSR count). The van der Waals surface area contributed by atoms with E-state index in [1.165, 1.54) is 16.4 Å². The third-order valence-corrected chi connectivity index (χ3v) is 6.03. The molecule has 0 radical (unpaired) electrons. The normalized spacial score (nSPS) is 18.8. The van der Waals surface area contributed by atoms with E-state index >= 15 is 0 Å². The van der Waals surface area contributed by atoms with Gasteiger partial charge in [0.15, 0.2) is 16.6 Å². The minimum absolute atomic E-state index is 0.331. The first-order chi connectivity index (χ1) is 12.1. The quantitative estimate of drug-likeness (QED) is 0.828.